The minimum Gasteiger partial charge on any atom is -0.497 e. The van der Waals surface area contributed by atoms with Crippen LogP contribution in [0.3, 0.4) is 0 Å². The van der Waals surface area contributed by atoms with Crippen molar-refractivity contribution in [2.45, 2.75) is 19.8 Å². The Morgan fingerprint density at radius 2 is 2.09 bits per heavy atom. The number of ether oxygens (including phenoxy) is 1. The molecule has 0 bridgehead atoms. The molecule has 1 amide bonds. The lowest BCUT2D eigenvalue weighted by Crippen LogP contribution is -2.20. The molecule has 0 unspecified atom stereocenters. The number of aromatic nitrogens is 1. The van der Waals surface area contributed by atoms with Gasteiger partial charge in [0.05, 0.1) is 21.7 Å². The highest BCUT2D eigenvalue weighted by Gasteiger charge is 2.15. The van der Waals surface area contributed by atoms with Crippen molar-refractivity contribution >= 4 is 38.1 Å². The van der Waals surface area contributed by atoms with Gasteiger partial charge in [-0.2, -0.15) is 0 Å². The van der Waals surface area contributed by atoms with E-state index in [1.807, 2.05) is 6.07 Å². The first-order valence-electron chi connectivity index (χ1n) is 6.72. The molecule has 0 aromatic carbocycles. The predicted molar refractivity (Wildman–Crippen MR) is 93.5 cm³/mol. The molecule has 22 heavy (non-hydrogen) atoms. The van der Waals surface area contributed by atoms with Crippen LogP contribution in [-0.4, -0.2) is 18.0 Å². The van der Waals surface area contributed by atoms with Crippen molar-refractivity contribution in [3.05, 3.63) is 52.7 Å². The smallest absolute Gasteiger partial charge is 0.265 e. The lowest BCUT2D eigenvalue weighted by Gasteiger charge is -2.02. The third-order valence-corrected chi connectivity index (χ3v) is 5.29. The van der Waals surface area contributed by atoms with E-state index in [4.69, 9.17) is 4.74 Å². The highest BCUT2D eigenvalue weighted by Crippen LogP contribution is 2.33. The van der Waals surface area contributed by atoms with E-state index < -0.39 is 0 Å². The van der Waals surface area contributed by atoms with Crippen LogP contribution in [0.5, 0.6) is 0 Å². The summed E-state index contributed by atoms with van der Waals surface area (Å²) < 4.78 is 5.96. The number of hydrogen-bond donors (Lipinski definition) is 1. The molecule has 4 nitrogen and oxygen atoms in total. The first-order chi connectivity index (χ1) is 10.4. The Morgan fingerprint density at radius 1 is 1.36 bits per heavy atom. The summed E-state index contributed by atoms with van der Waals surface area (Å²) in [5, 5.41) is 3.83. The van der Waals surface area contributed by atoms with E-state index in [-0.39, 0.29) is 5.91 Å². The maximum absolute atomic E-state index is 12.2. The molecule has 2 aromatic rings. The van der Waals surface area contributed by atoms with Crippen LogP contribution in [0.25, 0.3) is 9.53 Å². The van der Waals surface area contributed by atoms with E-state index in [0.29, 0.717) is 22.3 Å². The van der Waals surface area contributed by atoms with Crippen molar-refractivity contribution in [1.82, 2.24) is 10.3 Å². The number of allylic oxidation sites excluding steroid dienone is 2. The summed E-state index contributed by atoms with van der Waals surface area (Å²) >= 11 is 3.03. The van der Waals surface area contributed by atoms with Crippen LogP contribution in [0, 0.1) is 0 Å². The molecule has 0 saturated heterocycles. The van der Waals surface area contributed by atoms with E-state index in [1.54, 1.807) is 23.5 Å². The number of thiazole rings is 1. The van der Waals surface area contributed by atoms with Crippen LogP contribution in [0.4, 0.5) is 0 Å². The SMILES string of the molecule is C=C(/C=C\C(=C)OC)NC(=O)c1cc2sc(C(C)C)nc2s1. The first kappa shape index (κ1) is 16.5. The number of amides is 1. The summed E-state index contributed by atoms with van der Waals surface area (Å²) in [7, 11) is 1.53. The predicted octanol–water partition coefficient (Wildman–Crippen LogP) is 4.44. The van der Waals surface area contributed by atoms with Crippen molar-refractivity contribution in [2.75, 3.05) is 7.11 Å². The van der Waals surface area contributed by atoms with Crippen LogP contribution >= 0.6 is 22.7 Å². The number of nitrogens with one attached hydrogen (secondary N) is 1. The molecule has 2 rings (SSSR count). The topological polar surface area (TPSA) is 51.2 Å². The Balaban J connectivity index is 2.06. The monoisotopic (exact) mass is 334 g/mol. The minimum absolute atomic E-state index is 0.182. The molecule has 1 N–H and O–H groups in total. The Labute approximate surface area is 137 Å². The van der Waals surface area contributed by atoms with E-state index >= 15 is 0 Å². The van der Waals surface area contributed by atoms with Gasteiger partial charge in [-0.1, -0.05) is 27.0 Å². The number of nitrogens with zero attached hydrogens (tertiary/aromatic N) is 1. The van der Waals surface area contributed by atoms with Crippen LogP contribution in [-0.2, 0) is 4.74 Å². The summed E-state index contributed by atoms with van der Waals surface area (Å²) in [5.74, 6) is 0.720. The summed E-state index contributed by atoms with van der Waals surface area (Å²) in [6.45, 7) is 11.7. The number of hydrogen-bond acceptors (Lipinski definition) is 5. The van der Waals surface area contributed by atoms with E-state index in [1.165, 1.54) is 18.4 Å². The van der Waals surface area contributed by atoms with Crippen molar-refractivity contribution in [2.24, 2.45) is 0 Å². The molecule has 116 valence electrons. The summed E-state index contributed by atoms with van der Waals surface area (Å²) in [5.41, 5.74) is 0.482. The molecular formula is C16H18N2O2S2. The molecule has 0 fully saturated rings. The standard InChI is InChI=1S/C16H18N2O2S2/c1-9(2)15-18-16-13(22-15)8-12(21-16)14(19)17-10(3)6-7-11(4)20-5/h6-9H,3-4H2,1-2,5H3,(H,17,19)/b7-6-. The number of fused-ring (bicyclic) bond motifs is 1. The van der Waals surface area contributed by atoms with Crippen molar-refractivity contribution in [1.29, 1.82) is 0 Å². The highest BCUT2D eigenvalue weighted by molar-refractivity contribution is 7.28. The lowest BCUT2D eigenvalue weighted by molar-refractivity contribution is 0.0971. The van der Waals surface area contributed by atoms with Crippen LogP contribution < -0.4 is 5.32 Å². The summed E-state index contributed by atoms with van der Waals surface area (Å²) in [6.07, 6.45) is 3.29. The van der Waals surface area contributed by atoms with Gasteiger partial charge < -0.3 is 10.1 Å². The van der Waals surface area contributed by atoms with E-state index in [0.717, 1.165) is 14.5 Å². The number of thiophene rings is 1. The second-order valence-electron chi connectivity index (χ2n) is 4.97. The fourth-order valence-corrected chi connectivity index (χ4v) is 3.74. The average Bonchev–Trinajstić information content (AvgIpc) is 3.03. The Bertz CT molecular complexity index is 722. The Kier molecular flexibility index (Phi) is 5.15. The lowest BCUT2D eigenvalue weighted by atomic mass is 10.2. The van der Waals surface area contributed by atoms with Gasteiger partial charge in [0.15, 0.2) is 0 Å². The van der Waals surface area contributed by atoms with Gasteiger partial charge >= 0.3 is 0 Å². The zero-order chi connectivity index (χ0) is 16.3. The zero-order valence-electron chi connectivity index (χ0n) is 12.8. The zero-order valence-corrected chi connectivity index (χ0v) is 14.4. The maximum atomic E-state index is 12.2. The fraction of sp³-hybridized carbons (Fsp3) is 0.250. The molecule has 6 heteroatoms. The molecular weight excluding hydrogens is 316 g/mol. The average molecular weight is 334 g/mol. The molecule has 2 aromatic heterocycles. The van der Waals surface area contributed by atoms with Gasteiger partial charge in [0.25, 0.3) is 5.91 Å². The Hall–Kier alpha value is -1.92. The van der Waals surface area contributed by atoms with Gasteiger partial charge in [-0.05, 0) is 18.2 Å². The van der Waals surface area contributed by atoms with Crippen LogP contribution in [0.2, 0.25) is 0 Å². The first-order valence-corrected chi connectivity index (χ1v) is 8.35. The second kappa shape index (κ2) is 6.89. The molecule has 0 spiro atoms. The minimum atomic E-state index is -0.182. The van der Waals surface area contributed by atoms with E-state index in [2.05, 4.69) is 37.3 Å². The van der Waals surface area contributed by atoms with Gasteiger partial charge in [0.1, 0.15) is 10.6 Å². The molecule has 0 aliphatic carbocycles. The summed E-state index contributed by atoms with van der Waals surface area (Å²) in [6, 6.07) is 1.88. The maximum Gasteiger partial charge on any atom is 0.265 e. The fourth-order valence-electron chi connectivity index (χ4n) is 1.62. The molecule has 0 saturated carbocycles. The van der Waals surface area contributed by atoms with Gasteiger partial charge in [-0.15, -0.1) is 22.7 Å². The third-order valence-electron chi connectivity index (χ3n) is 2.83. The van der Waals surface area contributed by atoms with Crippen LogP contribution in [0.1, 0.15) is 34.4 Å². The van der Waals surface area contributed by atoms with Crippen molar-refractivity contribution in [3.63, 3.8) is 0 Å². The number of methoxy groups -OCH3 is 1. The number of carbonyl (C=O) groups excluding carboxylic acids is 1. The summed E-state index contributed by atoms with van der Waals surface area (Å²) in [4.78, 5) is 18.3. The quantitative estimate of drug-likeness (QED) is 0.627. The van der Waals surface area contributed by atoms with Gasteiger partial charge in [0.2, 0.25) is 0 Å². The normalized spacial score (nSPS) is 11.3. The van der Waals surface area contributed by atoms with Gasteiger partial charge in [-0.25, -0.2) is 4.98 Å². The van der Waals surface area contributed by atoms with Crippen LogP contribution in [0.15, 0.2) is 42.8 Å². The van der Waals surface area contributed by atoms with Crippen molar-refractivity contribution in [3.8, 4) is 0 Å². The largest absolute Gasteiger partial charge is 0.497 e. The number of carbonyl (C=O) groups is 1. The van der Waals surface area contributed by atoms with E-state index in [9.17, 15) is 4.79 Å². The highest BCUT2D eigenvalue weighted by atomic mass is 32.1. The molecule has 2 heterocycles. The molecule has 0 aliphatic rings. The Morgan fingerprint density at radius 3 is 2.68 bits per heavy atom. The number of rotatable bonds is 6. The second-order valence-corrected chi connectivity index (χ2v) is 7.06. The molecule has 0 atom stereocenters. The van der Waals surface area contributed by atoms with Gasteiger partial charge in [0, 0.05) is 11.6 Å². The van der Waals surface area contributed by atoms with Gasteiger partial charge in [-0.3, -0.25) is 4.79 Å². The molecule has 0 radical (unpaired) electrons. The molecule has 0 aliphatic heterocycles. The van der Waals surface area contributed by atoms with Crippen molar-refractivity contribution < 1.29 is 9.53 Å². The third kappa shape index (κ3) is 3.84.